The van der Waals surface area contributed by atoms with Crippen LogP contribution in [0.25, 0.3) is 0 Å². The van der Waals surface area contributed by atoms with Gasteiger partial charge in [-0.1, -0.05) is 76.9 Å². The Balaban J connectivity index is 3.14. The number of aliphatic hydroxyl groups is 1. The van der Waals surface area contributed by atoms with Crippen molar-refractivity contribution in [3.63, 3.8) is 0 Å². The van der Waals surface area contributed by atoms with Crippen LogP contribution in [0, 0.1) is 0 Å². The van der Waals surface area contributed by atoms with Crippen molar-refractivity contribution in [2.75, 3.05) is 33.9 Å². The van der Waals surface area contributed by atoms with Crippen LogP contribution >= 0.6 is 0 Å². The Morgan fingerprint density at radius 1 is 0.769 bits per heavy atom. The first-order valence-electron chi connectivity index (χ1n) is 11.2. The number of hydrogen-bond acceptors (Lipinski definition) is 3. The summed E-state index contributed by atoms with van der Waals surface area (Å²) in [5, 5.41) is 9.68. The van der Waals surface area contributed by atoms with E-state index in [9.17, 15) is 5.11 Å². The molecule has 0 radical (unpaired) electrons. The molecule has 26 heavy (non-hydrogen) atoms. The zero-order valence-electron chi connectivity index (χ0n) is 18.1. The fourth-order valence-corrected chi connectivity index (χ4v) is 3.15. The van der Waals surface area contributed by atoms with Crippen LogP contribution in [0.15, 0.2) is 12.2 Å². The van der Waals surface area contributed by atoms with Gasteiger partial charge in [0.05, 0.1) is 12.7 Å². The number of allylic oxidation sites excluding steroid dienone is 2. The number of aliphatic hydroxyl groups excluding tert-OH is 1. The summed E-state index contributed by atoms with van der Waals surface area (Å²) in [5.74, 6) is 0. The average Bonchev–Trinajstić information content (AvgIpc) is 2.60. The minimum Gasteiger partial charge on any atom is -0.389 e. The third-order valence-electron chi connectivity index (χ3n) is 4.69. The van der Waals surface area contributed by atoms with Crippen molar-refractivity contribution in [3.05, 3.63) is 12.2 Å². The summed E-state index contributed by atoms with van der Waals surface area (Å²) >= 11 is 0. The number of likely N-dealkylation sites (N-methyl/N-ethyl adjacent to an activating group) is 1. The monoisotopic (exact) mass is 369 g/mol. The van der Waals surface area contributed by atoms with Crippen LogP contribution in [0.3, 0.4) is 0 Å². The fourth-order valence-electron chi connectivity index (χ4n) is 3.15. The lowest BCUT2D eigenvalue weighted by Crippen LogP contribution is -2.29. The third kappa shape index (κ3) is 21.7. The Kier molecular flexibility index (Phi) is 20.6. The van der Waals surface area contributed by atoms with Gasteiger partial charge in [0.25, 0.3) is 0 Å². The summed E-state index contributed by atoms with van der Waals surface area (Å²) in [6, 6.07) is 0. The van der Waals surface area contributed by atoms with E-state index >= 15 is 0 Å². The van der Waals surface area contributed by atoms with Gasteiger partial charge in [-0.2, -0.15) is 0 Å². The second-order valence-electron chi connectivity index (χ2n) is 7.93. The maximum absolute atomic E-state index is 9.68. The molecule has 1 unspecified atom stereocenters. The normalized spacial score (nSPS) is 13.1. The molecular weight excluding hydrogens is 322 g/mol. The van der Waals surface area contributed by atoms with Crippen LogP contribution in [0.1, 0.15) is 96.8 Å². The molecule has 156 valence electrons. The van der Waals surface area contributed by atoms with E-state index in [0.717, 1.165) is 13.0 Å². The molecule has 0 saturated carbocycles. The van der Waals surface area contributed by atoms with Crippen molar-refractivity contribution in [2.24, 2.45) is 0 Å². The van der Waals surface area contributed by atoms with Gasteiger partial charge in [0, 0.05) is 13.2 Å². The quantitative estimate of drug-likeness (QED) is 0.212. The summed E-state index contributed by atoms with van der Waals surface area (Å²) in [5.41, 5.74) is 0. The number of rotatable bonds is 20. The Morgan fingerprint density at radius 2 is 1.27 bits per heavy atom. The van der Waals surface area contributed by atoms with Gasteiger partial charge in [0.15, 0.2) is 0 Å². The zero-order valence-corrected chi connectivity index (χ0v) is 18.1. The predicted molar refractivity (Wildman–Crippen MR) is 115 cm³/mol. The molecule has 0 saturated heterocycles. The van der Waals surface area contributed by atoms with E-state index in [0.29, 0.717) is 13.2 Å². The van der Waals surface area contributed by atoms with Crippen LogP contribution in [-0.2, 0) is 4.74 Å². The molecule has 0 amide bonds. The molecular formula is C23H47NO2. The highest BCUT2D eigenvalue weighted by Gasteiger charge is 2.04. The molecule has 0 spiro atoms. The van der Waals surface area contributed by atoms with Crippen molar-refractivity contribution in [3.8, 4) is 0 Å². The van der Waals surface area contributed by atoms with Crippen LogP contribution in [0.4, 0.5) is 0 Å². The number of hydrogen-bond donors (Lipinski definition) is 1. The SMILES string of the molecule is CCCCCCCCC=CCCCCCCCCOCC(O)CN(C)C. The standard InChI is InChI=1S/C23H47NO2/c1-4-5-6-7-8-9-10-11-12-13-14-15-16-17-18-19-20-26-22-23(25)21-24(2)3/h11-12,23,25H,4-10,13-22H2,1-3H3. The lowest BCUT2D eigenvalue weighted by atomic mass is 10.1. The van der Waals surface area contributed by atoms with Crippen molar-refractivity contribution in [1.82, 2.24) is 4.90 Å². The van der Waals surface area contributed by atoms with Gasteiger partial charge in [0.2, 0.25) is 0 Å². The largest absolute Gasteiger partial charge is 0.389 e. The minimum atomic E-state index is -0.362. The van der Waals surface area contributed by atoms with Gasteiger partial charge in [-0.05, 0) is 46.2 Å². The third-order valence-corrected chi connectivity index (χ3v) is 4.69. The van der Waals surface area contributed by atoms with E-state index in [1.54, 1.807) is 0 Å². The molecule has 0 bridgehead atoms. The molecule has 0 aromatic rings. The van der Waals surface area contributed by atoms with Gasteiger partial charge in [0.1, 0.15) is 0 Å². The molecule has 0 aliphatic carbocycles. The lowest BCUT2D eigenvalue weighted by Gasteiger charge is -2.15. The highest BCUT2D eigenvalue weighted by atomic mass is 16.5. The van der Waals surface area contributed by atoms with Gasteiger partial charge < -0.3 is 14.7 Å². The highest BCUT2D eigenvalue weighted by Crippen LogP contribution is 2.10. The molecule has 0 fully saturated rings. The van der Waals surface area contributed by atoms with Crippen molar-refractivity contribution >= 4 is 0 Å². The van der Waals surface area contributed by atoms with Crippen LogP contribution in [0.5, 0.6) is 0 Å². The van der Waals surface area contributed by atoms with E-state index in [4.69, 9.17) is 4.74 Å². The van der Waals surface area contributed by atoms with Gasteiger partial charge in [-0.15, -0.1) is 0 Å². The van der Waals surface area contributed by atoms with E-state index in [-0.39, 0.29) is 6.10 Å². The van der Waals surface area contributed by atoms with Crippen LogP contribution < -0.4 is 0 Å². The minimum absolute atomic E-state index is 0.362. The van der Waals surface area contributed by atoms with E-state index in [1.807, 2.05) is 19.0 Å². The molecule has 0 aliphatic heterocycles. The molecule has 0 aromatic carbocycles. The van der Waals surface area contributed by atoms with Crippen LogP contribution in [-0.4, -0.2) is 50.0 Å². The molecule has 1 atom stereocenters. The Labute approximate surface area is 164 Å². The number of nitrogens with zero attached hydrogens (tertiary/aromatic N) is 1. The summed E-state index contributed by atoms with van der Waals surface area (Å²) in [7, 11) is 3.93. The smallest absolute Gasteiger partial charge is 0.0899 e. The first-order chi connectivity index (χ1) is 12.7. The Hall–Kier alpha value is -0.380. The fraction of sp³-hybridized carbons (Fsp3) is 0.913. The van der Waals surface area contributed by atoms with E-state index in [1.165, 1.54) is 83.5 Å². The Bertz CT molecular complexity index is 292. The van der Waals surface area contributed by atoms with Crippen molar-refractivity contribution in [1.29, 1.82) is 0 Å². The lowest BCUT2D eigenvalue weighted by molar-refractivity contribution is 0.0229. The van der Waals surface area contributed by atoms with Gasteiger partial charge in [-0.3, -0.25) is 0 Å². The Morgan fingerprint density at radius 3 is 1.81 bits per heavy atom. The molecule has 0 aliphatic rings. The summed E-state index contributed by atoms with van der Waals surface area (Å²) in [6.45, 7) is 4.19. The second kappa shape index (κ2) is 20.9. The average molecular weight is 370 g/mol. The molecule has 3 nitrogen and oxygen atoms in total. The van der Waals surface area contributed by atoms with E-state index in [2.05, 4.69) is 19.1 Å². The topological polar surface area (TPSA) is 32.7 Å². The summed E-state index contributed by atoms with van der Waals surface area (Å²) in [6.07, 6.45) is 23.0. The summed E-state index contributed by atoms with van der Waals surface area (Å²) in [4.78, 5) is 1.98. The first-order valence-corrected chi connectivity index (χ1v) is 11.2. The molecule has 3 heteroatoms. The maximum atomic E-state index is 9.68. The van der Waals surface area contributed by atoms with Crippen LogP contribution in [0.2, 0.25) is 0 Å². The zero-order chi connectivity index (χ0) is 19.3. The second-order valence-corrected chi connectivity index (χ2v) is 7.93. The predicted octanol–water partition coefficient (Wildman–Crippen LogP) is 5.96. The highest BCUT2D eigenvalue weighted by molar-refractivity contribution is 4.81. The first kappa shape index (κ1) is 25.6. The number of unbranched alkanes of at least 4 members (excludes halogenated alkanes) is 12. The van der Waals surface area contributed by atoms with Crippen molar-refractivity contribution in [2.45, 2.75) is 103 Å². The molecule has 0 aromatic heterocycles. The summed E-state index contributed by atoms with van der Waals surface area (Å²) < 4.78 is 5.53. The molecule has 0 rings (SSSR count). The van der Waals surface area contributed by atoms with Crippen molar-refractivity contribution < 1.29 is 9.84 Å². The van der Waals surface area contributed by atoms with Gasteiger partial charge >= 0.3 is 0 Å². The molecule has 1 N–H and O–H groups in total. The number of ether oxygens (including phenoxy) is 1. The molecule has 0 heterocycles. The maximum Gasteiger partial charge on any atom is 0.0899 e. The van der Waals surface area contributed by atoms with Gasteiger partial charge in [-0.25, -0.2) is 0 Å². The van der Waals surface area contributed by atoms with E-state index < -0.39 is 0 Å².